The molecule has 0 radical (unpaired) electrons. The molecule has 4 aliphatic carbocycles. The van der Waals surface area contributed by atoms with E-state index in [4.69, 9.17) is 18.9 Å². The molecule has 4 bridgehead atoms. The van der Waals surface area contributed by atoms with Crippen LogP contribution in [0.15, 0.2) is 0 Å². The largest absolute Gasteiger partial charge is 0.462 e. The van der Waals surface area contributed by atoms with Crippen molar-refractivity contribution in [3.8, 4) is 0 Å². The highest BCUT2D eigenvalue weighted by atomic mass is 16.6. The number of carbonyl (C=O) groups excluding carboxylic acids is 4. The molecule has 10 atom stereocenters. The number of hydrogen-bond donors (Lipinski definition) is 0. The van der Waals surface area contributed by atoms with Crippen molar-refractivity contribution in [1.29, 1.82) is 0 Å². The third kappa shape index (κ3) is 7.10. The average Bonchev–Trinajstić information content (AvgIpc) is 3.69. The second-order valence-corrected chi connectivity index (χ2v) is 15.4. The van der Waals surface area contributed by atoms with E-state index in [9.17, 15) is 19.2 Å². The summed E-state index contributed by atoms with van der Waals surface area (Å²) in [6.07, 6.45) is 7.56. The van der Waals surface area contributed by atoms with Gasteiger partial charge in [0, 0.05) is 11.8 Å². The van der Waals surface area contributed by atoms with Gasteiger partial charge in [0.15, 0.2) is 0 Å². The Labute approximate surface area is 274 Å². The van der Waals surface area contributed by atoms with Gasteiger partial charge in [0.2, 0.25) is 0 Å². The van der Waals surface area contributed by atoms with Gasteiger partial charge in [-0.25, -0.2) is 0 Å². The van der Waals surface area contributed by atoms with Gasteiger partial charge < -0.3 is 18.9 Å². The standard InChI is InChI=1S/C19H30O4.C14H20O4.4CH4/c1-6-18(2,3)17(21)23-19(4,5)15-13-10-14(22-16(15)20)12-9-7-8-11(12)13;1-4-14(2,3)13(16)18-10-7-5-8-9(6-7)12(15)17-11(8)10;;;;/h11-15H,6-10H2,1-5H3;7-11H,4-6H2,1-3H3;4*1H4. The molecule has 8 heteroatoms. The van der Waals surface area contributed by atoms with E-state index < -0.39 is 16.4 Å². The number of ether oxygens (including phenoxy) is 4. The Morgan fingerprint density at radius 1 is 0.733 bits per heavy atom. The third-order valence-corrected chi connectivity index (χ3v) is 11.7. The van der Waals surface area contributed by atoms with Crippen LogP contribution in [-0.4, -0.2) is 47.8 Å². The molecule has 0 spiro atoms. The van der Waals surface area contributed by atoms with Crippen LogP contribution >= 0.6 is 0 Å². The fraction of sp³-hybridized carbons (Fsp3) is 0.892. The summed E-state index contributed by atoms with van der Waals surface area (Å²) in [5, 5.41) is 0. The Bertz CT molecular complexity index is 1080. The van der Waals surface area contributed by atoms with E-state index in [0.717, 1.165) is 25.7 Å². The molecule has 0 aromatic carbocycles. The van der Waals surface area contributed by atoms with E-state index in [0.29, 0.717) is 36.0 Å². The predicted octanol–water partition coefficient (Wildman–Crippen LogP) is 8.18. The van der Waals surface area contributed by atoms with Crippen molar-refractivity contribution in [2.24, 2.45) is 52.3 Å². The summed E-state index contributed by atoms with van der Waals surface area (Å²) in [6, 6.07) is 0. The molecule has 6 rings (SSSR count). The van der Waals surface area contributed by atoms with Crippen LogP contribution in [0.5, 0.6) is 0 Å². The molecule has 6 aliphatic rings. The van der Waals surface area contributed by atoms with E-state index in [1.54, 1.807) is 0 Å². The Morgan fingerprint density at radius 2 is 1.31 bits per heavy atom. The highest BCUT2D eigenvalue weighted by molar-refractivity contribution is 5.80. The minimum atomic E-state index is -0.812. The molecule has 4 saturated carbocycles. The molecule has 10 unspecified atom stereocenters. The monoisotopic (exact) mass is 638 g/mol. The van der Waals surface area contributed by atoms with Gasteiger partial charge in [0.25, 0.3) is 0 Å². The summed E-state index contributed by atoms with van der Waals surface area (Å²) >= 11 is 0. The molecule has 0 N–H and O–H groups in total. The maximum atomic E-state index is 12.6. The molecular formula is C37H66O8. The van der Waals surface area contributed by atoms with E-state index in [1.165, 1.54) is 19.3 Å². The molecule has 6 fully saturated rings. The van der Waals surface area contributed by atoms with Crippen molar-refractivity contribution in [1.82, 2.24) is 0 Å². The highest BCUT2D eigenvalue weighted by Crippen LogP contribution is 2.57. The molecule has 0 aromatic rings. The molecule has 8 nitrogen and oxygen atoms in total. The summed E-state index contributed by atoms with van der Waals surface area (Å²) in [4.78, 5) is 48.9. The van der Waals surface area contributed by atoms with E-state index in [1.807, 2.05) is 55.4 Å². The summed E-state index contributed by atoms with van der Waals surface area (Å²) in [6.45, 7) is 15.3. The van der Waals surface area contributed by atoms with Gasteiger partial charge in [-0.15, -0.1) is 0 Å². The Kier molecular flexibility index (Phi) is 13.0. The lowest BCUT2D eigenvalue weighted by molar-refractivity contribution is -0.190. The lowest BCUT2D eigenvalue weighted by Gasteiger charge is -2.41. The first-order valence-electron chi connectivity index (χ1n) is 16.0. The van der Waals surface area contributed by atoms with Gasteiger partial charge >= 0.3 is 23.9 Å². The first-order valence-corrected chi connectivity index (χ1v) is 16.0. The summed E-state index contributed by atoms with van der Waals surface area (Å²) in [5.41, 5.74) is -1.79. The van der Waals surface area contributed by atoms with Gasteiger partial charge in [-0.2, -0.15) is 0 Å². The lowest BCUT2D eigenvalue weighted by Crippen LogP contribution is -2.50. The van der Waals surface area contributed by atoms with Crippen molar-refractivity contribution in [2.75, 3.05) is 0 Å². The van der Waals surface area contributed by atoms with E-state index in [2.05, 4.69) is 0 Å². The number of esters is 4. The van der Waals surface area contributed by atoms with Crippen molar-refractivity contribution >= 4 is 23.9 Å². The van der Waals surface area contributed by atoms with E-state index >= 15 is 0 Å². The third-order valence-electron chi connectivity index (χ3n) is 11.7. The number of carbonyl (C=O) groups is 4. The fourth-order valence-electron chi connectivity index (χ4n) is 8.42. The fourth-order valence-corrected chi connectivity index (χ4v) is 8.42. The van der Waals surface area contributed by atoms with Crippen LogP contribution in [0, 0.1) is 52.3 Å². The van der Waals surface area contributed by atoms with Crippen LogP contribution in [0.1, 0.15) is 136 Å². The topological polar surface area (TPSA) is 105 Å². The molecule has 262 valence electrons. The van der Waals surface area contributed by atoms with Crippen LogP contribution < -0.4 is 0 Å². The normalized spacial score (nSPS) is 35.1. The number of fused-ring (bicyclic) bond motifs is 6. The summed E-state index contributed by atoms with van der Waals surface area (Å²) in [5.74, 6) is 1.15. The molecule has 45 heavy (non-hydrogen) atoms. The summed E-state index contributed by atoms with van der Waals surface area (Å²) < 4.78 is 22.7. The van der Waals surface area contributed by atoms with Crippen LogP contribution in [0.3, 0.4) is 0 Å². The van der Waals surface area contributed by atoms with Crippen LogP contribution in [0.2, 0.25) is 0 Å². The SMILES string of the molecule is C.C.C.C.CCC(C)(C)C(=O)OC(C)(C)C1C(=O)OC2CC1C1CCCC21.CCC(C)(C)C(=O)OC1C2CC3C(=O)OC1C3C2. The maximum Gasteiger partial charge on any atom is 0.313 e. The van der Waals surface area contributed by atoms with Crippen molar-refractivity contribution in [3.63, 3.8) is 0 Å². The Hall–Kier alpha value is -2.12. The zero-order valence-corrected chi connectivity index (χ0v) is 26.2. The highest BCUT2D eigenvalue weighted by Gasteiger charge is 2.64. The Morgan fingerprint density at radius 3 is 1.91 bits per heavy atom. The molecular weight excluding hydrogens is 572 g/mol. The predicted molar refractivity (Wildman–Crippen MR) is 177 cm³/mol. The zero-order valence-electron chi connectivity index (χ0n) is 26.2. The second-order valence-electron chi connectivity index (χ2n) is 15.4. The van der Waals surface area contributed by atoms with E-state index in [-0.39, 0.29) is 83.7 Å². The molecule has 0 amide bonds. The molecule has 2 saturated heterocycles. The summed E-state index contributed by atoms with van der Waals surface area (Å²) in [7, 11) is 0. The lowest BCUT2D eigenvalue weighted by atomic mass is 9.73. The minimum absolute atomic E-state index is 0. The zero-order chi connectivity index (χ0) is 30.1. The maximum absolute atomic E-state index is 12.6. The van der Waals surface area contributed by atoms with Crippen molar-refractivity contribution in [2.45, 2.75) is 160 Å². The number of hydrogen-bond acceptors (Lipinski definition) is 8. The minimum Gasteiger partial charge on any atom is -0.462 e. The molecule has 2 aliphatic heterocycles. The van der Waals surface area contributed by atoms with Gasteiger partial charge in [-0.1, -0.05) is 50.0 Å². The van der Waals surface area contributed by atoms with Gasteiger partial charge in [0.1, 0.15) is 23.9 Å². The molecule has 2 heterocycles. The van der Waals surface area contributed by atoms with Gasteiger partial charge in [-0.3, -0.25) is 19.2 Å². The van der Waals surface area contributed by atoms with Crippen molar-refractivity contribution in [3.05, 3.63) is 0 Å². The van der Waals surface area contributed by atoms with Crippen molar-refractivity contribution < 1.29 is 38.1 Å². The van der Waals surface area contributed by atoms with Gasteiger partial charge in [0.05, 0.1) is 22.7 Å². The quantitative estimate of drug-likeness (QED) is 0.203. The number of rotatable bonds is 7. The van der Waals surface area contributed by atoms with Crippen LogP contribution in [-0.2, 0) is 38.1 Å². The van der Waals surface area contributed by atoms with Crippen LogP contribution in [0.4, 0.5) is 0 Å². The molecule has 0 aromatic heterocycles. The van der Waals surface area contributed by atoms with Crippen LogP contribution in [0.25, 0.3) is 0 Å². The first kappa shape index (κ1) is 40.9. The second kappa shape index (κ2) is 14.3. The first-order chi connectivity index (χ1) is 19.1. The average molecular weight is 639 g/mol. The Balaban J connectivity index is 0.000000422. The van der Waals surface area contributed by atoms with Gasteiger partial charge in [-0.05, 0) is 104 Å². The smallest absolute Gasteiger partial charge is 0.313 e.